The molecule has 2 aromatic rings. The van der Waals surface area contributed by atoms with Crippen LogP contribution in [0.1, 0.15) is 14.7 Å². The highest BCUT2D eigenvalue weighted by atomic mass is 32.2. The monoisotopic (exact) mass is 312 g/mol. The fourth-order valence-corrected chi connectivity index (χ4v) is 3.57. The molecular formula is C8H3F3N2O2S3. The molecule has 10 heteroatoms. The Morgan fingerprint density at radius 2 is 2.11 bits per heavy atom. The molecule has 0 aliphatic heterocycles. The first-order valence-corrected chi connectivity index (χ1v) is 6.78. The Labute approximate surface area is 110 Å². The third kappa shape index (κ3) is 3.00. The highest BCUT2D eigenvalue weighted by molar-refractivity contribution is 8.01. The highest BCUT2D eigenvalue weighted by Crippen LogP contribution is 2.38. The van der Waals surface area contributed by atoms with Crippen LogP contribution in [0.2, 0.25) is 0 Å². The van der Waals surface area contributed by atoms with Crippen molar-refractivity contribution in [2.45, 2.75) is 15.4 Å². The lowest BCUT2D eigenvalue weighted by Crippen LogP contribution is -2.03. The second-order valence-electron chi connectivity index (χ2n) is 2.92. The zero-order valence-electron chi connectivity index (χ0n) is 8.26. The van der Waals surface area contributed by atoms with Crippen molar-refractivity contribution in [3.05, 3.63) is 21.3 Å². The summed E-state index contributed by atoms with van der Waals surface area (Å²) in [5.41, 5.74) is 0. The lowest BCUT2D eigenvalue weighted by Gasteiger charge is -1.97. The van der Waals surface area contributed by atoms with Crippen LogP contribution in [0.4, 0.5) is 13.2 Å². The number of carbonyl (C=O) groups is 1. The van der Waals surface area contributed by atoms with Crippen molar-refractivity contribution in [2.24, 2.45) is 0 Å². The van der Waals surface area contributed by atoms with Gasteiger partial charge in [-0.15, -0.1) is 21.5 Å². The van der Waals surface area contributed by atoms with Crippen molar-refractivity contribution >= 4 is 40.4 Å². The number of thiophene rings is 1. The average molecular weight is 312 g/mol. The maximum atomic E-state index is 12.3. The van der Waals surface area contributed by atoms with Crippen LogP contribution in [0, 0.1) is 0 Å². The van der Waals surface area contributed by atoms with E-state index < -0.39 is 17.2 Å². The van der Waals surface area contributed by atoms with Gasteiger partial charge in [-0.1, -0.05) is 23.1 Å². The number of hydrogen-bond acceptors (Lipinski definition) is 6. The minimum absolute atomic E-state index is 0.122. The smallest absolute Gasteiger partial charge is 0.445 e. The molecule has 0 atom stereocenters. The molecule has 0 aliphatic rings. The summed E-state index contributed by atoms with van der Waals surface area (Å²) >= 11 is 2.38. The molecule has 18 heavy (non-hydrogen) atoms. The Bertz CT molecular complexity index is 578. The molecule has 96 valence electrons. The molecule has 0 saturated carbocycles. The van der Waals surface area contributed by atoms with Gasteiger partial charge in [-0.2, -0.15) is 13.2 Å². The molecular weight excluding hydrogens is 309 g/mol. The maximum Gasteiger partial charge on any atom is 0.445 e. The summed E-state index contributed by atoms with van der Waals surface area (Å²) < 4.78 is 36.9. The first-order valence-electron chi connectivity index (χ1n) is 4.26. The fraction of sp³-hybridized carbons (Fsp3) is 0.125. The van der Waals surface area contributed by atoms with E-state index in [0.717, 1.165) is 23.1 Å². The predicted octanol–water partition coefficient (Wildman–Crippen LogP) is 3.47. The van der Waals surface area contributed by atoms with Gasteiger partial charge < -0.3 is 5.11 Å². The largest absolute Gasteiger partial charge is 0.477 e. The van der Waals surface area contributed by atoms with Crippen molar-refractivity contribution in [2.75, 3.05) is 0 Å². The van der Waals surface area contributed by atoms with Crippen LogP contribution < -0.4 is 0 Å². The molecule has 0 saturated heterocycles. The molecule has 2 rings (SSSR count). The van der Waals surface area contributed by atoms with Crippen LogP contribution in [-0.2, 0) is 6.18 Å². The topological polar surface area (TPSA) is 63.1 Å². The van der Waals surface area contributed by atoms with E-state index in [-0.39, 0.29) is 9.22 Å². The summed E-state index contributed by atoms with van der Waals surface area (Å²) in [5, 5.41) is 15.7. The number of aromatic nitrogens is 2. The first-order chi connectivity index (χ1) is 8.36. The van der Waals surface area contributed by atoms with Gasteiger partial charge in [0.2, 0.25) is 5.01 Å². The van der Waals surface area contributed by atoms with Gasteiger partial charge in [0.1, 0.15) is 4.88 Å². The molecule has 0 spiro atoms. The number of rotatable bonds is 3. The number of aromatic carboxylic acids is 1. The molecule has 2 heterocycles. The minimum Gasteiger partial charge on any atom is -0.477 e. The van der Waals surface area contributed by atoms with Gasteiger partial charge >= 0.3 is 12.1 Å². The Hall–Kier alpha value is -1.13. The van der Waals surface area contributed by atoms with Crippen molar-refractivity contribution < 1.29 is 23.1 Å². The Morgan fingerprint density at radius 3 is 2.61 bits per heavy atom. The first kappa shape index (κ1) is 13.3. The Balaban J connectivity index is 2.14. The van der Waals surface area contributed by atoms with Gasteiger partial charge in [0.25, 0.3) is 0 Å². The summed E-state index contributed by atoms with van der Waals surface area (Å²) in [7, 11) is 0. The number of carboxylic acids is 1. The fourth-order valence-electron chi connectivity index (χ4n) is 0.951. The third-order valence-corrected chi connectivity index (χ3v) is 4.70. The third-order valence-electron chi connectivity index (χ3n) is 1.64. The molecule has 0 fully saturated rings. The van der Waals surface area contributed by atoms with E-state index in [4.69, 9.17) is 5.11 Å². The predicted molar refractivity (Wildman–Crippen MR) is 60.3 cm³/mol. The molecule has 2 aromatic heterocycles. The van der Waals surface area contributed by atoms with Gasteiger partial charge in [-0.25, -0.2) is 4.79 Å². The summed E-state index contributed by atoms with van der Waals surface area (Å²) in [6, 6.07) is 1.38. The Kier molecular flexibility index (Phi) is 3.59. The molecule has 1 N–H and O–H groups in total. The van der Waals surface area contributed by atoms with E-state index in [9.17, 15) is 18.0 Å². The van der Waals surface area contributed by atoms with Gasteiger partial charge in [0, 0.05) is 10.3 Å². The van der Waals surface area contributed by atoms with E-state index in [1.807, 2.05) is 0 Å². The lowest BCUT2D eigenvalue weighted by atomic mass is 10.5. The molecule has 0 bridgehead atoms. The van der Waals surface area contributed by atoms with Crippen LogP contribution >= 0.6 is 34.4 Å². The van der Waals surface area contributed by atoms with E-state index in [1.165, 1.54) is 6.07 Å². The van der Waals surface area contributed by atoms with Crippen LogP contribution in [0.5, 0.6) is 0 Å². The number of alkyl halides is 3. The zero-order valence-corrected chi connectivity index (χ0v) is 10.7. The summed E-state index contributed by atoms with van der Waals surface area (Å²) in [6.45, 7) is 0. The van der Waals surface area contributed by atoms with Crippen molar-refractivity contribution in [1.29, 1.82) is 0 Å². The number of halogens is 3. The van der Waals surface area contributed by atoms with Gasteiger partial charge in [-0.05, 0) is 6.07 Å². The number of nitrogens with zero attached hydrogens (tertiary/aromatic N) is 2. The zero-order chi connectivity index (χ0) is 13.3. The molecule has 0 radical (unpaired) electrons. The molecule has 0 aliphatic carbocycles. The maximum absolute atomic E-state index is 12.3. The van der Waals surface area contributed by atoms with E-state index in [1.54, 1.807) is 5.38 Å². The molecule has 4 nitrogen and oxygen atoms in total. The minimum atomic E-state index is -4.50. The average Bonchev–Trinajstić information content (AvgIpc) is 2.85. The second kappa shape index (κ2) is 4.86. The van der Waals surface area contributed by atoms with E-state index >= 15 is 0 Å². The molecule has 0 unspecified atom stereocenters. The lowest BCUT2D eigenvalue weighted by molar-refractivity contribution is -0.138. The standard InChI is InChI=1S/C8H3F3N2O2S3/c9-8(10,11)6-12-13-7(18-6)17-3-1-4(5(14)15)16-2-3/h1-2H,(H,14,15). The van der Waals surface area contributed by atoms with Gasteiger partial charge in [-0.3, -0.25) is 0 Å². The van der Waals surface area contributed by atoms with Crippen LogP contribution in [0.3, 0.4) is 0 Å². The second-order valence-corrected chi connectivity index (χ2v) is 6.13. The van der Waals surface area contributed by atoms with Crippen LogP contribution in [-0.4, -0.2) is 21.3 Å². The Morgan fingerprint density at radius 1 is 1.39 bits per heavy atom. The van der Waals surface area contributed by atoms with Crippen LogP contribution in [0.25, 0.3) is 0 Å². The SMILES string of the molecule is O=C(O)c1cc(Sc2nnc(C(F)(F)F)s2)cs1. The van der Waals surface area contributed by atoms with Crippen LogP contribution in [0.15, 0.2) is 20.7 Å². The van der Waals surface area contributed by atoms with E-state index in [2.05, 4.69) is 10.2 Å². The quantitative estimate of drug-likeness (QED) is 0.940. The van der Waals surface area contributed by atoms with Gasteiger partial charge in [0.05, 0.1) is 0 Å². The molecule has 0 amide bonds. The van der Waals surface area contributed by atoms with Gasteiger partial charge in [0.15, 0.2) is 4.34 Å². The molecule has 0 aromatic carbocycles. The van der Waals surface area contributed by atoms with Crippen molar-refractivity contribution in [1.82, 2.24) is 10.2 Å². The summed E-state index contributed by atoms with van der Waals surface area (Å²) in [6.07, 6.45) is -4.50. The number of hydrogen-bond donors (Lipinski definition) is 1. The number of carboxylic acid groups (broad SMARTS) is 1. The van der Waals surface area contributed by atoms with E-state index in [0.29, 0.717) is 16.2 Å². The summed E-state index contributed by atoms with van der Waals surface area (Å²) in [5.74, 6) is -1.07. The highest BCUT2D eigenvalue weighted by Gasteiger charge is 2.35. The summed E-state index contributed by atoms with van der Waals surface area (Å²) in [4.78, 5) is 11.3. The van der Waals surface area contributed by atoms with Crippen molar-refractivity contribution in [3.63, 3.8) is 0 Å². The normalized spacial score (nSPS) is 11.7. The van der Waals surface area contributed by atoms with Crippen molar-refractivity contribution in [3.8, 4) is 0 Å².